The molecule has 0 fully saturated rings. The average molecular weight is 564 g/mol. The lowest BCUT2D eigenvalue weighted by Crippen LogP contribution is -2.48. The van der Waals surface area contributed by atoms with E-state index in [0.29, 0.717) is 32.8 Å². The summed E-state index contributed by atoms with van der Waals surface area (Å²) in [6.45, 7) is 5.33. The van der Waals surface area contributed by atoms with Gasteiger partial charge in [-0.3, -0.25) is 9.59 Å². The Balaban J connectivity index is 2.05. The van der Waals surface area contributed by atoms with Gasteiger partial charge in [0.25, 0.3) is 11.8 Å². The molecule has 0 aromatic heterocycles. The Kier molecular flexibility index (Phi) is 11.2. The molecule has 0 heterocycles. The maximum atomic E-state index is 12.7. The molecular formula is C25H30BrN3O7. The quantitative estimate of drug-likeness (QED) is 0.230. The first-order valence-corrected chi connectivity index (χ1v) is 11.9. The van der Waals surface area contributed by atoms with Gasteiger partial charge in [0.2, 0.25) is 0 Å². The first-order valence-electron chi connectivity index (χ1n) is 11.1. The summed E-state index contributed by atoms with van der Waals surface area (Å²) in [7, 11) is 3.00. The van der Waals surface area contributed by atoms with E-state index < -0.39 is 17.9 Å². The molecule has 36 heavy (non-hydrogen) atoms. The van der Waals surface area contributed by atoms with Crippen molar-refractivity contribution in [2.45, 2.75) is 26.8 Å². The number of amides is 2. The molecule has 2 aromatic carbocycles. The lowest BCUT2D eigenvalue weighted by molar-refractivity contribution is -0.145. The van der Waals surface area contributed by atoms with Gasteiger partial charge in [-0.15, -0.1) is 0 Å². The Bertz CT molecular complexity index is 1090. The third kappa shape index (κ3) is 8.26. The van der Waals surface area contributed by atoms with E-state index >= 15 is 0 Å². The zero-order valence-electron chi connectivity index (χ0n) is 20.8. The van der Waals surface area contributed by atoms with Crippen LogP contribution in [0.15, 0.2) is 46.0 Å². The van der Waals surface area contributed by atoms with Crippen molar-refractivity contribution < 1.29 is 33.3 Å². The van der Waals surface area contributed by atoms with Crippen LogP contribution in [0.1, 0.15) is 36.7 Å². The van der Waals surface area contributed by atoms with Crippen molar-refractivity contribution in [3.8, 4) is 17.2 Å². The molecule has 0 saturated carbocycles. The molecule has 0 spiro atoms. The van der Waals surface area contributed by atoms with E-state index in [4.69, 9.17) is 18.9 Å². The Morgan fingerprint density at radius 1 is 1.08 bits per heavy atom. The summed E-state index contributed by atoms with van der Waals surface area (Å²) in [6.07, 6.45) is 1.42. The zero-order chi connectivity index (χ0) is 26.7. The van der Waals surface area contributed by atoms with Crippen LogP contribution in [0.25, 0.3) is 0 Å². The third-order valence-electron chi connectivity index (χ3n) is 4.87. The average Bonchev–Trinajstić information content (AvgIpc) is 2.86. The van der Waals surface area contributed by atoms with Gasteiger partial charge >= 0.3 is 5.97 Å². The number of rotatable bonds is 12. The first-order chi connectivity index (χ1) is 17.2. The van der Waals surface area contributed by atoms with Gasteiger partial charge in [-0.2, -0.15) is 5.10 Å². The Morgan fingerprint density at radius 3 is 2.36 bits per heavy atom. The summed E-state index contributed by atoms with van der Waals surface area (Å²) in [5.74, 6) is -0.237. The van der Waals surface area contributed by atoms with Gasteiger partial charge in [0, 0.05) is 5.56 Å². The van der Waals surface area contributed by atoms with Crippen molar-refractivity contribution in [3.63, 3.8) is 0 Å². The summed E-state index contributed by atoms with van der Waals surface area (Å²) in [6, 6.07) is 9.08. The largest absolute Gasteiger partial charge is 0.497 e. The molecule has 0 saturated heterocycles. The smallest absolute Gasteiger partial charge is 0.344 e. The van der Waals surface area contributed by atoms with Crippen LogP contribution in [-0.4, -0.2) is 57.5 Å². The van der Waals surface area contributed by atoms with Crippen molar-refractivity contribution in [1.29, 1.82) is 0 Å². The SMILES string of the molecule is CCOC(=O)COc1c(Br)cc(C=NNC(=O)C(NC(=O)c2ccc(OC)cc2)C(C)C)cc1OC. The summed E-state index contributed by atoms with van der Waals surface area (Å²) < 4.78 is 21.3. The van der Waals surface area contributed by atoms with Crippen LogP contribution in [0, 0.1) is 5.92 Å². The standard InChI is InChI=1S/C25H30BrN3O7/c1-6-35-21(30)14-36-23-19(26)11-16(12-20(23)34-5)13-27-29-25(32)22(15(2)3)28-24(31)17-7-9-18(33-4)10-8-17/h7-13,15,22H,6,14H2,1-5H3,(H,28,31)(H,29,32). The van der Waals surface area contributed by atoms with Crippen LogP contribution in [-0.2, 0) is 14.3 Å². The number of hydrazone groups is 1. The summed E-state index contributed by atoms with van der Waals surface area (Å²) in [5.41, 5.74) is 3.45. The van der Waals surface area contributed by atoms with Crippen LogP contribution in [0.2, 0.25) is 0 Å². The van der Waals surface area contributed by atoms with E-state index in [1.165, 1.54) is 20.4 Å². The number of nitrogens with one attached hydrogen (secondary N) is 2. The molecule has 0 aliphatic heterocycles. The van der Waals surface area contributed by atoms with Crippen molar-refractivity contribution in [3.05, 3.63) is 52.0 Å². The monoisotopic (exact) mass is 563 g/mol. The molecule has 2 aromatic rings. The molecule has 0 radical (unpaired) electrons. The number of methoxy groups -OCH3 is 2. The minimum atomic E-state index is -0.809. The van der Waals surface area contributed by atoms with Crippen molar-refractivity contribution in [2.24, 2.45) is 11.0 Å². The van der Waals surface area contributed by atoms with Gasteiger partial charge in [0.15, 0.2) is 18.1 Å². The Hall–Kier alpha value is -3.60. The highest BCUT2D eigenvalue weighted by Crippen LogP contribution is 2.36. The molecule has 10 nitrogen and oxygen atoms in total. The fraction of sp³-hybridized carbons (Fsp3) is 0.360. The van der Waals surface area contributed by atoms with E-state index in [0.717, 1.165) is 0 Å². The number of hydrogen-bond donors (Lipinski definition) is 2. The third-order valence-corrected chi connectivity index (χ3v) is 5.46. The molecule has 194 valence electrons. The Labute approximate surface area is 218 Å². The second kappa shape index (κ2) is 14.1. The zero-order valence-corrected chi connectivity index (χ0v) is 22.4. The normalized spacial score (nSPS) is 11.6. The number of nitrogens with zero attached hydrogens (tertiary/aromatic N) is 1. The maximum Gasteiger partial charge on any atom is 0.344 e. The lowest BCUT2D eigenvalue weighted by Gasteiger charge is -2.20. The second-order valence-electron chi connectivity index (χ2n) is 7.79. The predicted molar refractivity (Wildman–Crippen MR) is 138 cm³/mol. The van der Waals surface area contributed by atoms with E-state index in [1.54, 1.807) is 43.3 Å². The van der Waals surface area contributed by atoms with Gasteiger partial charge in [-0.1, -0.05) is 13.8 Å². The lowest BCUT2D eigenvalue weighted by atomic mass is 10.0. The van der Waals surface area contributed by atoms with E-state index in [1.807, 2.05) is 13.8 Å². The number of esters is 1. The topological polar surface area (TPSA) is 125 Å². The summed E-state index contributed by atoms with van der Waals surface area (Å²) in [4.78, 5) is 36.9. The Morgan fingerprint density at radius 2 is 1.78 bits per heavy atom. The summed E-state index contributed by atoms with van der Waals surface area (Å²) >= 11 is 3.39. The molecule has 11 heteroatoms. The molecular weight excluding hydrogens is 534 g/mol. The van der Waals surface area contributed by atoms with Crippen LogP contribution in [0.3, 0.4) is 0 Å². The van der Waals surface area contributed by atoms with E-state index in [2.05, 4.69) is 31.8 Å². The van der Waals surface area contributed by atoms with Crippen LogP contribution < -0.4 is 25.0 Å². The van der Waals surface area contributed by atoms with Crippen LogP contribution >= 0.6 is 15.9 Å². The highest BCUT2D eigenvalue weighted by Gasteiger charge is 2.24. The molecule has 1 unspecified atom stereocenters. The number of ether oxygens (including phenoxy) is 4. The van der Waals surface area contributed by atoms with Crippen molar-refractivity contribution in [2.75, 3.05) is 27.4 Å². The van der Waals surface area contributed by atoms with Crippen LogP contribution in [0.4, 0.5) is 0 Å². The number of benzene rings is 2. The van der Waals surface area contributed by atoms with E-state index in [-0.39, 0.29) is 25.0 Å². The molecule has 0 aliphatic carbocycles. The van der Waals surface area contributed by atoms with Crippen molar-refractivity contribution in [1.82, 2.24) is 10.7 Å². The first kappa shape index (κ1) is 28.6. The number of halogens is 1. The molecule has 0 aliphatic rings. The number of carbonyl (C=O) groups excluding carboxylic acids is 3. The van der Waals surface area contributed by atoms with Gasteiger partial charge in [-0.05, 0) is 70.7 Å². The maximum absolute atomic E-state index is 12.7. The minimum Gasteiger partial charge on any atom is -0.497 e. The molecule has 2 N–H and O–H groups in total. The molecule has 2 amide bonds. The fourth-order valence-electron chi connectivity index (χ4n) is 3.03. The van der Waals surface area contributed by atoms with Gasteiger partial charge in [-0.25, -0.2) is 10.2 Å². The number of carbonyl (C=O) groups is 3. The second-order valence-corrected chi connectivity index (χ2v) is 8.64. The van der Waals surface area contributed by atoms with E-state index in [9.17, 15) is 14.4 Å². The summed E-state index contributed by atoms with van der Waals surface area (Å²) in [5, 5.41) is 6.75. The van der Waals surface area contributed by atoms with Gasteiger partial charge < -0.3 is 24.3 Å². The van der Waals surface area contributed by atoms with Gasteiger partial charge in [0.05, 0.1) is 31.5 Å². The fourth-order valence-corrected chi connectivity index (χ4v) is 3.60. The molecule has 1 atom stereocenters. The highest BCUT2D eigenvalue weighted by molar-refractivity contribution is 9.10. The van der Waals surface area contributed by atoms with Crippen LogP contribution in [0.5, 0.6) is 17.2 Å². The highest BCUT2D eigenvalue weighted by atomic mass is 79.9. The number of hydrogen-bond acceptors (Lipinski definition) is 8. The molecule has 0 bridgehead atoms. The minimum absolute atomic E-state index is 0.188. The van der Waals surface area contributed by atoms with Gasteiger partial charge in [0.1, 0.15) is 11.8 Å². The molecule has 2 rings (SSSR count). The van der Waals surface area contributed by atoms with Crippen molar-refractivity contribution >= 4 is 39.9 Å². The predicted octanol–water partition coefficient (Wildman–Crippen LogP) is 3.31.